The topological polar surface area (TPSA) is 112 Å². The molecule has 38 heavy (non-hydrogen) atoms. The predicted octanol–water partition coefficient (Wildman–Crippen LogP) is 3.83. The Morgan fingerprint density at radius 3 is 2.45 bits per heavy atom. The summed E-state index contributed by atoms with van der Waals surface area (Å²) >= 11 is 1.54. The van der Waals surface area contributed by atoms with Crippen molar-refractivity contribution in [1.29, 1.82) is 0 Å². The van der Waals surface area contributed by atoms with E-state index in [1.807, 2.05) is 22.2 Å². The summed E-state index contributed by atoms with van der Waals surface area (Å²) in [5.74, 6) is -2.29. The Labute approximate surface area is 221 Å². The molecule has 4 aromatic rings. The number of hydrogen-bond donors (Lipinski definition) is 2. The standard InChI is InChI=1S/C25H23F2N5O4S2/c1-31(20-6-7-22-17(14-20)8-10-37-22)24(33)21(13-16-11-18(26)15-19(27)12-16)29-25(34)30-38(35,36)32(2)23-5-3-4-9-28-23/h3-12,14-15,21H,13H2,1-2H3,(H2,29,30,34)/t21-/m0/s1. The minimum absolute atomic E-state index is 0.0548. The van der Waals surface area contributed by atoms with Crippen molar-refractivity contribution in [3.05, 3.63) is 89.4 Å². The lowest BCUT2D eigenvalue weighted by atomic mass is 10.0. The highest BCUT2D eigenvalue weighted by molar-refractivity contribution is 7.91. The lowest BCUT2D eigenvalue weighted by molar-refractivity contribution is -0.120. The molecule has 0 bridgehead atoms. The summed E-state index contributed by atoms with van der Waals surface area (Å²) in [7, 11) is -1.71. The molecule has 0 aliphatic rings. The average molecular weight is 560 g/mol. The first-order valence-corrected chi connectivity index (χ1v) is 13.5. The highest BCUT2D eigenvalue weighted by atomic mass is 32.2. The van der Waals surface area contributed by atoms with Gasteiger partial charge in [0.05, 0.1) is 0 Å². The van der Waals surface area contributed by atoms with Crippen LogP contribution < -0.4 is 19.2 Å². The lowest BCUT2D eigenvalue weighted by Gasteiger charge is -2.26. The van der Waals surface area contributed by atoms with Crippen LogP contribution in [0.2, 0.25) is 0 Å². The highest BCUT2D eigenvalue weighted by Gasteiger charge is 2.29. The van der Waals surface area contributed by atoms with Crippen LogP contribution in [0, 0.1) is 11.6 Å². The van der Waals surface area contributed by atoms with E-state index in [1.165, 1.54) is 42.6 Å². The minimum Gasteiger partial charge on any atom is -0.325 e. The van der Waals surface area contributed by atoms with Crippen molar-refractivity contribution in [2.75, 3.05) is 23.3 Å². The number of pyridine rings is 1. The van der Waals surface area contributed by atoms with Gasteiger partial charge in [-0.15, -0.1) is 11.3 Å². The van der Waals surface area contributed by atoms with E-state index in [2.05, 4.69) is 10.3 Å². The van der Waals surface area contributed by atoms with Crippen LogP contribution in [-0.2, 0) is 21.4 Å². The van der Waals surface area contributed by atoms with Gasteiger partial charge in [0, 0.05) is 43.2 Å². The molecule has 4 rings (SSSR count). The number of carbonyl (C=O) groups is 2. The molecule has 1 atom stereocenters. The zero-order chi connectivity index (χ0) is 27.4. The van der Waals surface area contributed by atoms with Gasteiger partial charge in [0.25, 0.3) is 0 Å². The van der Waals surface area contributed by atoms with Crippen molar-refractivity contribution in [2.24, 2.45) is 0 Å². The second-order valence-electron chi connectivity index (χ2n) is 8.31. The Bertz CT molecular complexity index is 1560. The fourth-order valence-corrected chi connectivity index (χ4v) is 5.28. The van der Waals surface area contributed by atoms with Gasteiger partial charge in [0.2, 0.25) is 5.91 Å². The average Bonchev–Trinajstić information content (AvgIpc) is 3.34. The lowest BCUT2D eigenvalue weighted by Crippen LogP contribution is -2.54. The number of amides is 3. The van der Waals surface area contributed by atoms with Crippen molar-refractivity contribution in [1.82, 2.24) is 15.0 Å². The van der Waals surface area contributed by atoms with E-state index in [4.69, 9.17) is 0 Å². The molecular formula is C25H23F2N5O4S2. The molecule has 0 unspecified atom stereocenters. The molecule has 0 aliphatic heterocycles. The number of likely N-dealkylation sites (N-methyl/N-ethyl adjacent to an activating group) is 1. The van der Waals surface area contributed by atoms with E-state index < -0.39 is 39.8 Å². The number of anilines is 2. The van der Waals surface area contributed by atoms with Crippen LogP contribution in [0.3, 0.4) is 0 Å². The van der Waals surface area contributed by atoms with Crippen LogP contribution in [-0.4, -0.2) is 45.5 Å². The van der Waals surface area contributed by atoms with Gasteiger partial charge in [0.15, 0.2) is 0 Å². The third kappa shape index (κ3) is 6.23. The maximum absolute atomic E-state index is 13.8. The first kappa shape index (κ1) is 26.9. The Hall–Kier alpha value is -4.10. The van der Waals surface area contributed by atoms with E-state index in [0.717, 1.165) is 26.5 Å². The normalized spacial score (nSPS) is 12.1. The molecule has 0 fully saturated rings. The van der Waals surface area contributed by atoms with Gasteiger partial charge in [-0.05, 0) is 64.9 Å². The van der Waals surface area contributed by atoms with Gasteiger partial charge in [0.1, 0.15) is 23.5 Å². The van der Waals surface area contributed by atoms with E-state index in [-0.39, 0.29) is 17.8 Å². The molecule has 9 nitrogen and oxygen atoms in total. The van der Waals surface area contributed by atoms with Crippen LogP contribution in [0.25, 0.3) is 10.1 Å². The van der Waals surface area contributed by atoms with Crippen molar-refractivity contribution in [2.45, 2.75) is 12.5 Å². The first-order chi connectivity index (χ1) is 18.0. The molecule has 0 saturated carbocycles. The zero-order valence-electron chi connectivity index (χ0n) is 20.3. The molecule has 2 aromatic heterocycles. The molecule has 13 heteroatoms. The van der Waals surface area contributed by atoms with E-state index in [1.54, 1.807) is 24.3 Å². The number of fused-ring (bicyclic) bond motifs is 1. The number of halogens is 2. The third-order valence-corrected chi connectivity index (χ3v) is 7.92. The van der Waals surface area contributed by atoms with Crippen molar-refractivity contribution < 1.29 is 26.8 Å². The molecule has 2 N–H and O–H groups in total. The number of benzene rings is 2. The van der Waals surface area contributed by atoms with Crippen LogP contribution in [0.4, 0.5) is 25.1 Å². The summed E-state index contributed by atoms with van der Waals surface area (Å²) in [6.07, 6.45) is 1.08. The number of carbonyl (C=O) groups excluding carboxylic acids is 2. The summed E-state index contributed by atoms with van der Waals surface area (Å²) in [6, 6.07) is 12.0. The molecule has 2 aromatic carbocycles. The fraction of sp³-hybridized carbons (Fsp3) is 0.160. The number of hydrogen-bond acceptors (Lipinski definition) is 6. The number of aromatic nitrogens is 1. The summed E-state index contributed by atoms with van der Waals surface area (Å²) in [6.45, 7) is 0. The SMILES string of the molecule is CN(C(=O)[C@H](Cc1cc(F)cc(F)c1)NC(=O)NS(=O)(=O)N(C)c1ccccn1)c1ccc2sccc2c1. The molecule has 2 heterocycles. The number of urea groups is 1. The maximum atomic E-state index is 13.8. The zero-order valence-corrected chi connectivity index (χ0v) is 21.9. The molecule has 0 radical (unpaired) electrons. The van der Waals surface area contributed by atoms with Gasteiger partial charge in [-0.1, -0.05) is 6.07 Å². The Kier molecular flexibility index (Phi) is 7.88. The summed E-state index contributed by atoms with van der Waals surface area (Å²) in [5.41, 5.74) is 0.609. The van der Waals surface area contributed by atoms with Crippen molar-refractivity contribution in [3.8, 4) is 0 Å². The molecule has 0 saturated heterocycles. The van der Waals surface area contributed by atoms with Crippen molar-refractivity contribution in [3.63, 3.8) is 0 Å². The largest absolute Gasteiger partial charge is 0.330 e. The van der Waals surface area contributed by atoms with E-state index >= 15 is 0 Å². The number of rotatable bonds is 8. The number of nitrogens with one attached hydrogen (secondary N) is 2. The second-order valence-corrected chi connectivity index (χ2v) is 11.0. The van der Waals surface area contributed by atoms with E-state index in [9.17, 15) is 26.8 Å². The monoisotopic (exact) mass is 559 g/mol. The summed E-state index contributed by atoms with van der Waals surface area (Å²) in [4.78, 5) is 31.5. The second kappa shape index (κ2) is 11.1. The molecule has 0 spiro atoms. The van der Waals surface area contributed by atoms with Gasteiger partial charge >= 0.3 is 16.2 Å². The summed E-state index contributed by atoms with van der Waals surface area (Å²) in [5, 5.41) is 5.16. The molecule has 198 valence electrons. The third-order valence-electron chi connectivity index (χ3n) is 5.67. The maximum Gasteiger partial charge on any atom is 0.330 e. The minimum atomic E-state index is -4.40. The number of thiophene rings is 1. The van der Waals surface area contributed by atoms with Crippen LogP contribution in [0.5, 0.6) is 0 Å². The number of nitrogens with zero attached hydrogens (tertiary/aromatic N) is 3. The van der Waals surface area contributed by atoms with Crippen LogP contribution in [0.1, 0.15) is 5.56 Å². The Morgan fingerprint density at radius 1 is 1.03 bits per heavy atom. The van der Waals surface area contributed by atoms with Gasteiger partial charge in [-0.2, -0.15) is 8.42 Å². The smallest absolute Gasteiger partial charge is 0.325 e. The Morgan fingerprint density at radius 2 is 1.76 bits per heavy atom. The van der Waals surface area contributed by atoms with Gasteiger partial charge < -0.3 is 10.2 Å². The molecular weight excluding hydrogens is 536 g/mol. The fourth-order valence-electron chi connectivity index (χ4n) is 3.72. The Balaban J connectivity index is 1.57. The first-order valence-electron chi connectivity index (χ1n) is 11.2. The van der Waals surface area contributed by atoms with E-state index in [0.29, 0.717) is 11.8 Å². The molecule has 3 amide bonds. The van der Waals surface area contributed by atoms with Crippen molar-refractivity contribution >= 4 is 55.1 Å². The quantitative estimate of drug-likeness (QED) is 0.341. The molecule has 0 aliphatic carbocycles. The van der Waals surface area contributed by atoms with Gasteiger partial charge in [-0.3, -0.25) is 4.79 Å². The summed E-state index contributed by atoms with van der Waals surface area (Å²) < 4.78 is 56.7. The predicted molar refractivity (Wildman–Crippen MR) is 142 cm³/mol. The van der Waals surface area contributed by atoms with Gasteiger partial charge in [-0.25, -0.2) is 27.6 Å². The van der Waals surface area contributed by atoms with Crippen LogP contribution in [0.15, 0.2) is 72.2 Å². The highest BCUT2D eigenvalue weighted by Crippen LogP contribution is 2.26. The van der Waals surface area contributed by atoms with Crippen LogP contribution >= 0.6 is 11.3 Å².